The number of H-pyrrole nitrogens is 1. The SMILES string of the molecule is Nn1c(=S)[nH]nc(/C=C/c2ccc(Cl)cc2)c1=O. The minimum atomic E-state index is -0.455. The van der Waals surface area contributed by atoms with Gasteiger partial charge in [-0.1, -0.05) is 29.8 Å². The van der Waals surface area contributed by atoms with Crippen LogP contribution in [0.1, 0.15) is 11.3 Å². The fourth-order valence-electron chi connectivity index (χ4n) is 1.28. The van der Waals surface area contributed by atoms with Crippen LogP contribution in [0.4, 0.5) is 0 Å². The van der Waals surface area contributed by atoms with Gasteiger partial charge in [-0.3, -0.25) is 9.89 Å². The van der Waals surface area contributed by atoms with Crippen LogP contribution in [-0.2, 0) is 0 Å². The number of nitrogens with zero attached hydrogens (tertiary/aromatic N) is 2. The quantitative estimate of drug-likeness (QED) is 0.650. The molecule has 5 nitrogen and oxygen atoms in total. The summed E-state index contributed by atoms with van der Waals surface area (Å²) in [7, 11) is 0. The number of nitrogen functional groups attached to an aromatic ring is 1. The van der Waals surface area contributed by atoms with E-state index in [1.54, 1.807) is 24.3 Å². The zero-order valence-corrected chi connectivity index (χ0v) is 10.7. The largest absolute Gasteiger partial charge is 0.334 e. The van der Waals surface area contributed by atoms with E-state index in [-0.39, 0.29) is 10.5 Å². The Morgan fingerprint density at radius 2 is 2.00 bits per heavy atom. The van der Waals surface area contributed by atoms with Crippen LogP contribution in [-0.4, -0.2) is 14.9 Å². The first-order valence-corrected chi connectivity index (χ1v) is 5.77. The number of halogens is 1. The molecule has 0 aliphatic rings. The van der Waals surface area contributed by atoms with Crippen LogP contribution < -0.4 is 11.4 Å². The average Bonchev–Trinajstić information content (AvgIpc) is 2.37. The van der Waals surface area contributed by atoms with Gasteiger partial charge >= 0.3 is 0 Å². The standard InChI is InChI=1S/C11H9ClN4OS/c12-8-4-1-7(2-5-8)3-6-9-10(17)16(13)11(18)15-14-9/h1-6H,13H2,(H,15,18)/b6-3+. The monoisotopic (exact) mass is 280 g/mol. The Kier molecular flexibility index (Phi) is 3.59. The van der Waals surface area contributed by atoms with E-state index in [9.17, 15) is 4.79 Å². The van der Waals surface area contributed by atoms with Crippen LogP contribution in [0.25, 0.3) is 12.2 Å². The van der Waals surface area contributed by atoms with E-state index >= 15 is 0 Å². The summed E-state index contributed by atoms with van der Waals surface area (Å²) >= 11 is 10.5. The molecule has 0 amide bonds. The molecule has 0 unspecified atom stereocenters. The molecule has 0 fully saturated rings. The highest BCUT2D eigenvalue weighted by Gasteiger charge is 2.00. The van der Waals surface area contributed by atoms with Crippen LogP contribution in [0.3, 0.4) is 0 Å². The minimum absolute atomic E-state index is 0.0728. The Hall–Kier alpha value is -1.92. The summed E-state index contributed by atoms with van der Waals surface area (Å²) < 4.78 is 0.910. The molecular weight excluding hydrogens is 272 g/mol. The summed E-state index contributed by atoms with van der Waals surface area (Å²) in [6, 6.07) is 7.17. The van der Waals surface area contributed by atoms with Crippen LogP contribution in [0.2, 0.25) is 5.02 Å². The summed E-state index contributed by atoms with van der Waals surface area (Å²) in [5.74, 6) is 5.45. The van der Waals surface area contributed by atoms with Crippen molar-refractivity contribution in [2.45, 2.75) is 0 Å². The van der Waals surface area contributed by atoms with E-state index in [0.29, 0.717) is 5.02 Å². The van der Waals surface area contributed by atoms with Crippen molar-refractivity contribution in [2.75, 3.05) is 5.84 Å². The Bertz CT molecular complexity index is 702. The maximum Gasteiger partial charge on any atom is 0.298 e. The molecular formula is C11H9ClN4OS. The summed E-state index contributed by atoms with van der Waals surface area (Å²) in [5.41, 5.74) is 0.622. The first-order valence-electron chi connectivity index (χ1n) is 4.98. The fourth-order valence-corrected chi connectivity index (χ4v) is 1.54. The lowest BCUT2D eigenvalue weighted by molar-refractivity contribution is 0.793. The van der Waals surface area contributed by atoms with Crippen LogP contribution in [0.15, 0.2) is 29.1 Å². The molecule has 2 aromatic rings. The summed E-state index contributed by atoms with van der Waals surface area (Å²) in [5, 5.41) is 6.95. The highest BCUT2D eigenvalue weighted by atomic mass is 35.5. The molecule has 1 heterocycles. The van der Waals surface area contributed by atoms with Gasteiger partial charge in [-0.25, -0.2) is 0 Å². The molecule has 0 atom stereocenters. The van der Waals surface area contributed by atoms with Crippen LogP contribution in [0, 0.1) is 4.77 Å². The van der Waals surface area contributed by atoms with Crippen molar-refractivity contribution in [3.63, 3.8) is 0 Å². The smallest absolute Gasteiger partial charge is 0.298 e. The third-order valence-corrected chi connectivity index (χ3v) is 2.77. The molecule has 0 spiro atoms. The molecule has 0 saturated carbocycles. The number of rotatable bonds is 2. The average molecular weight is 281 g/mol. The molecule has 0 radical (unpaired) electrons. The minimum Gasteiger partial charge on any atom is -0.334 e. The molecule has 7 heteroatoms. The number of hydrogen-bond donors (Lipinski definition) is 2. The maximum atomic E-state index is 11.7. The zero-order chi connectivity index (χ0) is 13.1. The van der Waals surface area contributed by atoms with Gasteiger partial charge in [0.05, 0.1) is 0 Å². The van der Waals surface area contributed by atoms with Crippen molar-refractivity contribution in [2.24, 2.45) is 0 Å². The van der Waals surface area contributed by atoms with Gasteiger partial charge in [0.2, 0.25) is 4.77 Å². The number of nitrogens with two attached hydrogens (primary N) is 1. The van der Waals surface area contributed by atoms with E-state index in [2.05, 4.69) is 10.2 Å². The summed E-state index contributed by atoms with van der Waals surface area (Å²) in [4.78, 5) is 11.7. The molecule has 0 bridgehead atoms. The van der Waals surface area contributed by atoms with Crippen molar-refractivity contribution in [3.8, 4) is 0 Å². The van der Waals surface area contributed by atoms with Gasteiger partial charge in [0.15, 0.2) is 5.69 Å². The third kappa shape index (κ3) is 2.66. The molecule has 2 rings (SSSR count). The van der Waals surface area contributed by atoms with Gasteiger partial charge in [-0.05, 0) is 36.0 Å². The van der Waals surface area contributed by atoms with E-state index in [1.165, 1.54) is 0 Å². The van der Waals surface area contributed by atoms with E-state index in [0.717, 1.165) is 10.2 Å². The molecule has 92 valence electrons. The van der Waals surface area contributed by atoms with E-state index < -0.39 is 5.56 Å². The second-order valence-electron chi connectivity index (χ2n) is 3.47. The fraction of sp³-hybridized carbons (Fsp3) is 0. The molecule has 3 N–H and O–H groups in total. The second kappa shape index (κ2) is 5.16. The maximum absolute atomic E-state index is 11.7. The Labute approximate surface area is 112 Å². The highest BCUT2D eigenvalue weighted by molar-refractivity contribution is 7.71. The van der Waals surface area contributed by atoms with Crippen molar-refractivity contribution in [1.82, 2.24) is 14.9 Å². The predicted octanol–water partition coefficient (Wildman–Crippen LogP) is 1.84. The number of aromatic amines is 1. The summed E-state index contributed by atoms with van der Waals surface area (Å²) in [6.45, 7) is 0. The second-order valence-corrected chi connectivity index (χ2v) is 4.30. The third-order valence-electron chi connectivity index (χ3n) is 2.23. The number of hydrogen-bond acceptors (Lipinski definition) is 4. The first kappa shape index (κ1) is 12.5. The molecule has 0 aliphatic heterocycles. The lowest BCUT2D eigenvalue weighted by atomic mass is 10.2. The van der Waals surface area contributed by atoms with E-state index in [1.807, 2.05) is 12.1 Å². The number of aromatic nitrogens is 3. The van der Waals surface area contributed by atoms with Crippen LogP contribution >= 0.6 is 23.8 Å². The normalized spacial score (nSPS) is 10.9. The van der Waals surface area contributed by atoms with E-state index in [4.69, 9.17) is 29.7 Å². The van der Waals surface area contributed by atoms with Crippen molar-refractivity contribution in [3.05, 3.63) is 55.7 Å². The lowest BCUT2D eigenvalue weighted by Gasteiger charge is -1.98. The first-order chi connectivity index (χ1) is 8.58. The number of benzene rings is 1. The van der Waals surface area contributed by atoms with Crippen LogP contribution in [0.5, 0.6) is 0 Å². The van der Waals surface area contributed by atoms with Crippen molar-refractivity contribution >= 4 is 36.0 Å². The van der Waals surface area contributed by atoms with Gasteiger partial charge in [0.25, 0.3) is 5.56 Å². The van der Waals surface area contributed by atoms with Gasteiger partial charge in [0, 0.05) is 5.02 Å². The number of nitrogens with one attached hydrogen (secondary N) is 1. The molecule has 0 saturated heterocycles. The summed E-state index contributed by atoms with van der Waals surface area (Å²) in [6.07, 6.45) is 3.29. The lowest BCUT2D eigenvalue weighted by Crippen LogP contribution is -2.31. The van der Waals surface area contributed by atoms with Crippen molar-refractivity contribution < 1.29 is 0 Å². The Morgan fingerprint density at radius 3 is 2.67 bits per heavy atom. The zero-order valence-electron chi connectivity index (χ0n) is 9.13. The molecule has 1 aromatic heterocycles. The van der Waals surface area contributed by atoms with Crippen molar-refractivity contribution in [1.29, 1.82) is 0 Å². The highest BCUT2D eigenvalue weighted by Crippen LogP contribution is 2.11. The Morgan fingerprint density at radius 1 is 1.33 bits per heavy atom. The molecule has 18 heavy (non-hydrogen) atoms. The van der Waals surface area contributed by atoms with Gasteiger partial charge in [-0.2, -0.15) is 9.77 Å². The molecule has 0 aliphatic carbocycles. The van der Waals surface area contributed by atoms with Gasteiger partial charge in [0.1, 0.15) is 0 Å². The topological polar surface area (TPSA) is 76.7 Å². The van der Waals surface area contributed by atoms with Gasteiger partial charge < -0.3 is 5.84 Å². The predicted molar refractivity (Wildman–Crippen MR) is 74.2 cm³/mol. The molecule has 1 aromatic carbocycles. The van der Waals surface area contributed by atoms with Gasteiger partial charge in [-0.15, -0.1) is 0 Å². The Balaban J connectivity index is 2.35.